The fourth-order valence-electron chi connectivity index (χ4n) is 3.63. The monoisotopic (exact) mass is 628 g/mol. The first-order valence-electron chi connectivity index (χ1n) is 12.9. The molecule has 0 aliphatic heterocycles. The smallest absolute Gasteiger partial charge is 0.337 e. The van der Waals surface area contributed by atoms with Crippen molar-refractivity contribution in [2.24, 2.45) is 10.2 Å². The van der Waals surface area contributed by atoms with Gasteiger partial charge in [0.05, 0.1) is 22.5 Å². The topological polar surface area (TPSA) is 250 Å². The molecule has 0 saturated heterocycles. The molecule has 0 atom stereocenters. The zero-order chi connectivity index (χ0) is 34.0. The Morgan fingerprint density at radius 1 is 0.630 bits per heavy atom. The average molecular weight is 629 g/mol. The molecule has 16 heteroatoms. The van der Waals surface area contributed by atoms with Gasteiger partial charge in [-0.3, -0.25) is 39.6 Å². The summed E-state index contributed by atoms with van der Waals surface area (Å²) in [6.45, 7) is 2.15. The van der Waals surface area contributed by atoms with Gasteiger partial charge in [0, 0.05) is 36.3 Å². The van der Waals surface area contributed by atoms with E-state index in [0.717, 1.165) is 32.0 Å². The summed E-state index contributed by atoms with van der Waals surface area (Å²) in [6, 6.07) is 12.7. The van der Waals surface area contributed by atoms with Gasteiger partial charge in [0.25, 0.3) is 11.8 Å². The highest BCUT2D eigenvalue weighted by molar-refractivity contribution is 6.67. The third-order valence-electron chi connectivity index (χ3n) is 5.91. The number of rotatable bonds is 14. The normalized spacial score (nSPS) is 11.1. The number of carbonyl (C=O) groups excluding carboxylic acids is 6. The molecule has 2 amide bonds. The Morgan fingerprint density at radius 2 is 1.13 bits per heavy atom. The average Bonchev–Trinajstić information content (AvgIpc) is 3.01. The van der Waals surface area contributed by atoms with Crippen LogP contribution in [0, 0.1) is 0 Å². The second-order valence-corrected chi connectivity index (χ2v) is 9.20. The van der Waals surface area contributed by atoms with Gasteiger partial charge in [-0.2, -0.15) is 10.2 Å². The van der Waals surface area contributed by atoms with Crippen molar-refractivity contribution in [1.29, 1.82) is 0 Å². The Kier molecular flexibility index (Phi) is 11.0. The molecule has 3 rings (SSSR count). The van der Waals surface area contributed by atoms with Gasteiger partial charge in [0.15, 0.2) is 29.3 Å². The van der Waals surface area contributed by atoms with Crippen molar-refractivity contribution in [3.05, 3.63) is 82.9 Å². The van der Waals surface area contributed by atoms with Crippen molar-refractivity contribution in [2.45, 2.75) is 13.8 Å². The van der Waals surface area contributed by atoms with Gasteiger partial charge >= 0.3 is 11.9 Å². The van der Waals surface area contributed by atoms with Gasteiger partial charge in [-0.15, -0.1) is 0 Å². The van der Waals surface area contributed by atoms with Crippen LogP contribution in [-0.4, -0.2) is 69.5 Å². The lowest BCUT2D eigenvalue weighted by atomic mass is 10.1. The van der Waals surface area contributed by atoms with E-state index in [4.69, 9.17) is 5.11 Å². The van der Waals surface area contributed by atoms with Crippen molar-refractivity contribution >= 4 is 82.1 Å². The molecule has 234 valence electrons. The van der Waals surface area contributed by atoms with E-state index in [1.165, 1.54) is 42.5 Å². The van der Waals surface area contributed by atoms with Crippen molar-refractivity contribution in [3.8, 4) is 0 Å². The van der Waals surface area contributed by atoms with Crippen LogP contribution in [-0.2, 0) is 19.2 Å². The number of carboxylic acids is 2. The molecule has 0 spiro atoms. The number of hydrazone groups is 2. The van der Waals surface area contributed by atoms with Gasteiger partial charge in [-0.05, 0) is 60.7 Å². The molecule has 0 radical (unpaired) electrons. The molecular formula is C30H24N6O10. The first kappa shape index (κ1) is 33.7. The van der Waals surface area contributed by atoms with Crippen LogP contribution in [0.1, 0.15) is 55.3 Å². The molecular weight excluding hydrogens is 604 g/mol. The highest BCUT2D eigenvalue weighted by Crippen LogP contribution is 2.19. The number of aromatic carboxylic acids is 2. The Bertz CT molecular complexity index is 1830. The minimum atomic E-state index is -1.47. The minimum absolute atomic E-state index is 0.0717. The molecule has 0 unspecified atom stereocenters. The number of nitrogens with zero attached hydrogens (tertiary/aromatic N) is 2. The van der Waals surface area contributed by atoms with E-state index >= 15 is 0 Å². The predicted octanol–water partition coefficient (Wildman–Crippen LogP) is 2.70. The summed E-state index contributed by atoms with van der Waals surface area (Å²) in [5.41, 5.74) is 3.47. The molecule has 0 bridgehead atoms. The summed E-state index contributed by atoms with van der Waals surface area (Å²) >= 11 is 0. The number of hydrogen-bond donors (Lipinski definition) is 6. The molecule has 16 nitrogen and oxygen atoms in total. The number of ketones is 2. The maximum absolute atomic E-state index is 12.8. The van der Waals surface area contributed by atoms with Crippen LogP contribution < -0.4 is 21.5 Å². The van der Waals surface area contributed by atoms with Gasteiger partial charge < -0.3 is 20.8 Å². The van der Waals surface area contributed by atoms with E-state index < -0.39 is 52.3 Å². The lowest BCUT2D eigenvalue weighted by Gasteiger charge is -2.10. The fraction of sp³-hybridized carbons (Fsp3) is 0.0667. The first-order valence-corrected chi connectivity index (χ1v) is 12.9. The minimum Gasteiger partial charge on any atom is -0.478 e. The lowest BCUT2D eigenvalue weighted by molar-refractivity contribution is -0.116. The molecule has 3 aromatic rings. The number of aldehydes is 2. The molecule has 3 aromatic carbocycles. The quantitative estimate of drug-likeness (QED) is 0.0652. The number of nitrogens with one attached hydrogen (secondary N) is 4. The molecule has 0 heterocycles. The number of amides is 2. The third kappa shape index (κ3) is 8.60. The summed E-state index contributed by atoms with van der Waals surface area (Å²) in [7, 11) is 0. The number of carboxylic acid groups (broad SMARTS) is 2. The van der Waals surface area contributed by atoms with Crippen molar-refractivity contribution in [2.75, 3.05) is 21.5 Å². The molecule has 0 aliphatic rings. The molecule has 46 heavy (non-hydrogen) atoms. The zero-order valence-electron chi connectivity index (χ0n) is 24.0. The summed E-state index contributed by atoms with van der Waals surface area (Å²) in [5, 5.41) is 30.9. The van der Waals surface area contributed by atoms with Crippen LogP contribution in [0.5, 0.6) is 0 Å². The SMILES string of the molecule is CC(=O)/C(=N/Nc1ccc(C=O)cc1C=O)C(=O)Nc1ccc(NC(=O)/C(=N\Nc2ccc(C(=O)O)cc2C(=O)O)C(C)=O)cc1. The Morgan fingerprint density at radius 3 is 1.57 bits per heavy atom. The Balaban J connectivity index is 1.72. The summed E-state index contributed by atoms with van der Waals surface area (Å²) in [4.78, 5) is 94.7. The zero-order valence-corrected chi connectivity index (χ0v) is 24.0. The van der Waals surface area contributed by atoms with Gasteiger partial charge in [-0.1, -0.05) is 0 Å². The maximum Gasteiger partial charge on any atom is 0.337 e. The summed E-state index contributed by atoms with van der Waals surface area (Å²) in [5.74, 6) is -6.19. The van der Waals surface area contributed by atoms with E-state index in [1.807, 2.05) is 0 Å². The highest BCUT2D eigenvalue weighted by Gasteiger charge is 2.20. The predicted molar refractivity (Wildman–Crippen MR) is 165 cm³/mol. The Labute approximate surface area is 259 Å². The number of benzene rings is 3. The van der Waals surface area contributed by atoms with E-state index in [9.17, 15) is 43.5 Å². The second-order valence-electron chi connectivity index (χ2n) is 9.20. The van der Waals surface area contributed by atoms with Crippen molar-refractivity contribution in [1.82, 2.24) is 0 Å². The van der Waals surface area contributed by atoms with E-state index in [2.05, 4.69) is 31.7 Å². The van der Waals surface area contributed by atoms with Gasteiger partial charge in [0.2, 0.25) is 0 Å². The molecule has 0 aromatic heterocycles. The van der Waals surface area contributed by atoms with Gasteiger partial charge in [0.1, 0.15) is 6.29 Å². The summed E-state index contributed by atoms with van der Waals surface area (Å²) < 4.78 is 0. The molecule has 6 N–H and O–H groups in total. The van der Waals surface area contributed by atoms with Gasteiger partial charge in [-0.25, -0.2) is 9.59 Å². The van der Waals surface area contributed by atoms with Crippen molar-refractivity contribution in [3.63, 3.8) is 0 Å². The van der Waals surface area contributed by atoms with Crippen LogP contribution >= 0.6 is 0 Å². The van der Waals surface area contributed by atoms with Crippen LogP contribution in [0.25, 0.3) is 0 Å². The van der Waals surface area contributed by atoms with Crippen molar-refractivity contribution < 1.29 is 48.6 Å². The maximum atomic E-state index is 12.8. The van der Waals surface area contributed by atoms with Crippen LogP contribution in [0.2, 0.25) is 0 Å². The number of anilines is 4. The number of hydrogen-bond acceptors (Lipinski definition) is 12. The third-order valence-corrected chi connectivity index (χ3v) is 5.91. The molecule has 0 saturated carbocycles. The van der Waals surface area contributed by atoms with Crippen LogP contribution in [0.15, 0.2) is 70.9 Å². The molecule has 0 fully saturated rings. The fourth-order valence-corrected chi connectivity index (χ4v) is 3.63. The second kappa shape index (κ2) is 15.1. The number of Topliss-reactive ketones (excluding diaryl/α,β-unsaturated/α-hetero) is 2. The van der Waals surface area contributed by atoms with Crippen LogP contribution in [0.3, 0.4) is 0 Å². The molecule has 0 aliphatic carbocycles. The van der Waals surface area contributed by atoms with E-state index in [-0.39, 0.29) is 39.4 Å². The van der Waals surface area contributed by atoms with E-state index in [1.54, 1.807) is 0 Å². The lowest BCUT2D eigenvalue weighted by Crippen LogP contribution is -2.30. The first-order chi connectivity index (χ1) is 21.8. The number of carbonyl (C=O) groups is 8. The standard InChI is InChI=1S/C30H24N6O10/c1-15(39)25(35-33-23-9-3-17(13-37)11-19(23)14-38)27(41)31-20-5-7-21(8-6-20)32-28(42)26(16(2)40)36-34-24-10-4-18(29(43)44)12-22(24)30(45)46/h3-14,33-34H,1-2H3,(H,31,41)(H,32,42)(H,43,44)(H,45,46)/b35-25-,36-26-. The summed E-state index contributed by atoms with van der Waals surface area (Å²) in [6.07, 6.45) is 1.01. The Hall–Kier alpha value is -6.84. The van der Waals surface area contributed by atoms with E-state index in [0.29, 0.717) is 12.6 Å². The largest absolute Gasteiger partial charge is 0.478 e. The highest BCUT2D eigenvalue weighted by atomic mass is 16.4. The van der Waals surface area contributed by atoms with Crippen LogP contribution in [0.4, 0.5) is 22.7 Å².